The molecule has 0 fully saturated rings. The molecule has 5 nitrogen and oxygen atoms in total. The summed E-state index contributed by atoms with van der Waals surface area (Å²) in [5, 5.41) is 1.31. The highest BCUT2D eigenvalue weighted by Crippen LogP contribution is 2.56. The molecule has 0 spiro atoms. The molecule has 6 heteroatoms. The molecular formula is C31H24ClNO4. The fourth-order valence-electron chi connectivity index (χ4n) is 6.06. The van der Waals surface area contributed by atoms with Crippen LogP contribution in [0.1, 0.15) is 54.2 Å². The number of fused-ring (bicyclic) bond motifs is 1. The lowest BCUT2D eigenvalue weighted by Crippen LogP contribution is -2.54. The molecule has 1 amide bonds. The van der Waals surface area contributed by atoms with Crippen molar-refractivity contribution >= 4 is 45.5 Å². The normalized spacial score (nSPS) is 20.9. The van der Waals surface area contributed by atoms with E-state index in [4.69, 9.17) is 16.0 Å². The van der Waals surface area contributed by atoms with Gasteiger partial charge in [0, 0.05) is 26.9 Å². The van der Waals surface area contributed by atoms with E-state index in [0.29, 0.717) is 28.0 Å². The fraction of sp³-hybridized carbons (Fsp3) is 0.194. The first kappa shape index (κ1) is 23.4. The lowest BCUT2D eigenvalue weighted by molar-refractivity contribution is -0.114. The molecule has 1 atom stereocenters. The number of halogens is 1. The summed E-state index contributed by atoms with van der Waals surface area (Å²) in [4.78, 5) is 41.6. The summed E-state index contributed by atoms with van der Waals surface area (Å²) in [7, 11) is 0. The molecule has 184 valence electrons. The Kier molecular flexibility index (Phi) is 5.08. The van der Waals surface area contributed by atoms with Crippen LogP contribution >= 0.6 is 11.6 Å². The molecule has 2 aliphatic rings. The molecule has 0 radical (unpaired) electrons. The highest BCUT2D eigenvalue weighted by atomic mass is 35.5. The Morgan fingerprint density at radius 3 is 2.46 bits per heavy atom. The number of ketones is 1. The van der Waals surface area contributed by atoms with E-state index >= 15 is 0 Å². The van der Waals surface area contributed by atoms with Crippen LogP contribution in [0.25, 0.3) is 16.5 Å². The molecule has 0 bridgehead atoms. The van der Waals surface area contributed by atoms with E-state index < -0.39 is 16.9 Å². The second kappa shape index (κ2) is 8.02. The van der Waals surface area contributed by atoms with Crippen molar-refractivity contribution < 1.29 is 14.0 Å². The van der Waals surface area contributed by atoms with Crippen molar-refractivity contribution in [1.29, 1.82) is 0 Å². The summed E-state index contributed by atoms with van der Waals surface area (Å²) in [6.45, 7) is 6.27. The predicted octanol–water partition coefficient (Wildman–Crippen LogP) is 6.55. The number of rotatable bonds is 3. The van der Waals surface area contributed by atoms with Gasteiger partial charge in [-0.15, -0.1) is 0 Å². The first-order chi connectivity index (χ1) is 17.6. The van der Waals surface area contributed by atoms with Crippen LogP contribution in [-0.4, -0.2) is 17.2 Å². The molecule has 3 aromatic carbocycles. The van der Waals surface area contributed by atoms with Gasteiger partial charge in [-0.2, -0.15) is 0 Å². The molecular weight excluding hydrogens is 486 g/mol. The second-order valence-electron chi connectivity index (χ2n) is 10.6. The first-order valence-corrected chi connectivity index (χ1v) is 12.5. The number of carbonyl (C=O) groups is 2. The summed E-state index contributed by atoms with van der Waals surface area (Å²) in [5.41, 5.74) is 2.57. The van der Waals surface area contributed by atoms with Gasteiger partial charge in [0.05, 0.1) is 11.3 Å². The van der Waals surface area contributed by atoms with Gasteiger partial charge in [0.2, 0.25) is 0 Å². The topological polar surface area (TPSA) is 67.6 Å². The van der Waals surface area contributed by atoms with Crippen LogP contribution in [0.15, 0.2) is 88.1 Å². The number of anilines is 1. The summed E-state index contributed by atoms with van der Waals surface area (Å²) < 4.78 is 5.35. The van der Waals surface area contributed by atoms with Crippen LogP contribution in [0, 0.1) is 0 Å². The van der Waals surface area contributed by atoms with Crippen molar-refractivity contribution in [1.82, 2.24) is 0 Å². The third-order valence-corrected chi connectivity index (χ3v) is 7.88. The van der Waals surface area contributed by atoms with E-state index in [1.54, 1.807) is 29.2 Å². The average molecular weight is 510 g/mol. The number of nitrogens with zero attached hydrogens (tertiary/aromatic N) is 1. The zero-order valence-electron chi connectivity index (χ0n) is 20.7. The van der Waals surface area contributed by atoms with Crippen LogP contribution in [0.5, 0.6) is 0 Å². The highest BCUT2D eigenvalue weighted by Gasteiger charge is 2.52. The lowest BCUT2D eigenvalue weighted by atomic mass is 9.65. The number of allylic oxidation sites excluding steroid dienone is 1. The molecule has 4 aromatic rings. The Balaban J connectivity index is 1.52. The number of hydrogen-bond acceptors (Lipinski definition) is 4. The molecule has 0 saturated carbocycles. The Morgan fingerprint density at radius 2 is 1.70 bits per heavy atom. The third kappa shape index (κ3) is 3.49. The molecule has 1 aromatic heterocycles. The number of amides is 1. The Bertz CT molecular complexity index is 1710. The van der Waals surface area contributed by atoms with Gasteiger partial charge in [-0.3, -0.25) is 9.59 Å². The van der Waals surface area contributed by atoms with Crippen molar-refractivity contribution in [3.63, 3.8) is 0 Å². The number of benzene rings is 3. The zero-order valence-corrected chi connectivity index (χ0v) is 21.4. The molecule has 3 heterocycles. The molecule has 37 heavy (non-hydrogen) atoms. The Labute approximate surface area is 219 Å². The van der Waals surface area contributed by atoms with Gasteiger partial charge >= 0.3 is 5.63 Å². The summed E-state index contributed by atoms with van der Waals surface area (Å²) in [6.07, 6.45) is 1.96. The van der Waals surface area contributed by atoms with Crippen molar-refractivity contribution in [3.05, 3.63) is 117 Å². The molecule has 0 N–H and O–H groups in total. The number of carbonyl (C=O) groups excluding carboxylic acids is 2. The fourth-order valence-corrected chi connectivity index (χ4v) is 6.18. The molecule has 1 unspecified atom stereocenters. The second-order valence-corrected chi connectivity index (χ2v) is 11.0. The minimum absolute atomic E-state index is 0.102. The minimum atomic E-state index is -0.725. The van der Waals surface area contributed by atoms with E-state index in [2.05, 4.69) is 6.92 Å². The number of hydrogen-bond donors (Lipinski definition) is 0. The van der Waals surface area contributed by atoms with Gasteiger partial charge in [-0.1, -0.05) is 67.1 Å². The standard InChI is InChI=1S/C31H24ClNO4/c1-30(2)17-31(3,19-11-13-20(32)14-12-19)24-9-6-8-21-22(28(35)33(30)27(21)24)16-25(34)23-15-18-7-4-5-10-26(18)37-29(23)36/h4-16H,17H2,1-3H3. The Morgan fingerprint density at radius 1 is 0.973 bits per heavy atom. The largest absolute Gasteiger partial charge is 0.422 e. The van der Waals surface area contributed by atoms with Crippen LogP contribution < -0.4 is 10.5 Å². The van der Waals surface area contributed by atoms with Crippen LogP contribution in [0.4, 0.5) is 5.69 Å². The van der Waals surface area contributed by atoms with Gasteiger partial charge < -0.3 is 9.32 Å². The minimum Gasteiger partial charge on any atom is -0.422 e. The average Bonchev–Trinajstić information content (AvgIpc) is 3.15. The maximum atomic E-state index is 13.8. The SMILES string of the molecule is CC1(c2ccc(Cl)cc2)CC(C)(C)N2C(=O)C(=CC(=O)c3cc4ccccc4oc3=O)c3cccc1c32. The van der Waals surface area contributed by atoms with E-state index in [0.717, 1.165) is 16.8 Å². The Hall–Kier alpha value is -3.96. The zero-order chi connectivity index (χ0) is 26.1. The van der Waals surface area contributed by atoms with Crippen molar-refractivity contribution in [3.8, 4) is 0 Å². The van der Waals surface area contributed by atoms with E-state index in [9.17, 15) is 14.4 Å². The van der Waals surface area contributed by atoms with Gasteiger partial charge in [-0.25, -0.2) is 4.79 Å². The van der Waals surface area contributed by atoms with Crippen LogP contribution in [0.2, 0.25) is 5.02 Å². The maximum absolute atomic E-state index is 13.8. The predicted molar refractivity (Wildman–Crippen MR) is 145 cm³/mol. The van der Waals surface area contributed by atoms with Crippen LogP contribution in [-0.2, 0) is 10.2 Å². The van der Waals surface area contributed by atoms with E-state index in [-0.39, 0.29) is 22.5 Å². The van der Waals surface area contributed by atoms with Gasteiger partial charge in [0.25, 0.3) is 5.91 Å². The monoisotopic (exact) mass is 509 g/mol. The highest BCUT2D eigenvalue weighted by molar-refractivity contribution is 6.37. The van der Waals surface area contributed by atoms with Crippen molar-refractivity contribution in [2.24, 2.45) is 0 Å². The van der Waals surface area contributed by atoms with Gasteiger partial charge in [-0.05, 0) is 61.7 Å². The maximum Gasteiger partial charge on any atom is 0.347 e. The summed E-state index contributed by atoms with van der Waals surface area (Å²) >= 11 is 6.17. The first-order valence-electron chi connectivity index (χ1n) is 12.1. The quantitative estimate of drug-likeness (QED) is 0.178. The van der Waals surface area contributed by atoms with E-state index in [1.165, 1.54) is 12.1 Å². The summed E-state index contributed by atoms with van der Waals surface area (Å²) in [6, 6.07) is 22.2. The van der Waals surface area contributed by atoms with E-state index in [1.807, 2.05) is 56.3 Å². The van der Waals surface area contributed by atoms with Gasteiger partial charge in [0.15, 0.2) is 5.78 Å². The van der Waals surface area contributed by atoms with Crippen molar-refractivity contribution in [2.75, 3.05) is 4.90 Å². The van der Waals surface area contributed by atoms with Crippen LogP contribution in [0.3, 0.4) is 0 Å². The third-order valence-electron chi connectivity index (χ3n) is 7.63. The lowest BCUT2D eigenvalue weighted by Gasteiger charge is -2.49. The molecule has 0 saturated heterocycles. The summed E-state index contributed by atoms with van der Waals surface area (Å²) in [5.74, 6) is -0.803. The van der Waals surface area contributed by atoms with Crippen molar-refractivity contribution in [2.45, 2.75) is 38.1 Å². The number of para-hydroxylation sites is 2. The molecule has 6 rings (SSSR count). The molecule has 2 aliphatic heterocycles. The molecule has 0 aliphatic carbocycles. The van der Waals surface area contributed by atoms with Gasteiger partial charge in [0.1, 0.15) is 11.1 Å². The smallest absolute Gasteiger partial charge is 0.347 e.